The molecule has 1 aliphatic rings. The van der Waals surface area contributed by atoms with Crippen molar-refractivity contribution in [1.82, 2.24) is 5.43 Å². The van der Waals surface area contributed by atoms with Crippen LogP contribution in [0.25, 0.3) is 0 Å². The third-order valence-electron chi connectivity index (χ3n) is 2.83. The predicted molar refractivity (Wildman–Crippen MR) is 61.4 cm³/mol. The number of hydrazine groups is 1. The number of furan rings is 1. The number of aryl methyl sites for hydroxylation is 1. The largest absolute Gasteiger partial charge is 0.496 e. The van der Waals surface area contributed by atoms with Crippen LogP contribution in [0.4, 0.5) is 0 Å². The van der Waals surface area contributed by atoms with Gasteiger partial charge in [-0.15, -0.1) is 0 Å². The van der Waals surface area contributed by atoms with Gasteiger partial charge in [0.05, 0.1) is 12.9 Å². The van der Waals surface area contributed by atoms with Crippen LogP contribution in [0.15, 0.2) is 28.6 Å². The summed E-state index contributed by atoms with van der Waals surface area (Å²) in [6.07, 6.45) is 6.77. The van der Waals surface area contributed by atoms with Crippen LogP contribution < -0.4 is 11.3 Å². The SMILES string of the molecule is CCc1occc1C(NN)C1=CCCCO1. The third-order valence-corrected chi connectivity index (χ3v) is 2.83. The van der Waals surface area contributed by atoms with Crippen LogP contribution in [0.1, 0.15) is 37.1 Å². The molecule has 0 aliphatic carbocycles. The minimum absolute atomic E-state index is 0.0889. The van der Waals surface area contributed by atoms with Gasteiger partial charge >= 0.3 is 0 Å². The zero-order valence-corrected chi connectivity index (χ0v) is 9.53. The van der Waals surface area contributed by atoms with Gasteiger partial charge in [0.2, 0.25) is 0 Å². The summed E-state index contributed by atoms with van der Waals surface area (Å²) < 4.78 is 11.0. The lowest BCUT2D eigenvalue weighted by Crippen LogP contribution is -2.31. The molecule has 1 aromatic heterocycles. The number of rotatable bonds is 4. The Bertz CT molecular complexity index is 371. The monoisotopic (exact) mass is 222 g/mol. The number of allylic oxidation sites excluding steroid dienone is 1. The van der Waals surface area contributed by atoms with Crippen LogP contribution >= 0.6 is 0 Å². The van der Waals surface area contributed by atoms with Gasteiger partial charge in [0.25, 0.3) is 0 Å². The van der Waals surface area contributed by atoms with E-state index in [-0.39, 0.29) is 6.04 Å². The molecule has 0 radical (unpaired) electrons. The normalized spacial score (nSPS) is 17.8. The Kier molecular flexibility index (Phi) is 3.64. The Balaban J connectivity index is 2.24. The summed E-state index contributed by atoms with van der Waals surface area (Å²) in [7, 11) is 0. The van der Waals surface area contributed by atoms with Crippen molar-refractivity contribution in [2.45, 2.75) is 32.2 Å². The predicted octanol–water partition coefficient (Wildman–Crippen LogP) is 2.04. The van der Waals surface area contributed by atoms with Crippen molar-refractivity contribution in [2.75, 3.05) is 6.61 Å². The second-order valence-electron chi connectivity index (χ2n) is 3.85. The van der Waals surface area contributed by atoms with Crippen molar-refractivity contribution in [3.05, 3.63) is 35.5 Å². The molecule has 3 N–H and O–H groups in total. The van der Waals surface area contributed by atoms with Crippen LogP contribution in [0.2, 0.25) is 0 Å². The number of nitrogens with two attached hydrogens (primary N) is 1. The molecule has 0 saturated heterocycles. The van der Waals surface area contributed by atoms with Crippen molar-refractivity contribution in [3.63, 3.8) is 0 Å². The second-order valence-corrected chi connectivity index (χ2v) is 3.85. The molecule has 0 aromatic carbocycles. The van der Waals surface area contributed by atoms with Gasteiger partial charge in [-0.05, 0) is 25.0 Å². The van der Waals surface area contributed by atoms with Gasteiger partial charge < -0.3 is 9.15 Å². The molecule has 1 atom stereocenters. The van der Waals surface area contributed by atoms with Gasteiger partial charge in [0, 0.05) is 12.0 Å². The Labute approximate surface area is 95.4 Å². The minimum atomic E-state index is -0.0889. The van der Waals surface area contributed by atoms with E-state index in [1.165, 1.54) is 0 Å². The zero-order chi connectivity index (χ0) is 11.4. The highest BCUT2D eigenvalue weighted by atomic mass is 16.5. The van der Waals surface area contributed by atoms with E-state index in [1.807, 2.05) is 6.07 Å². The molecule has 2 rings (SSSR count). The fraction of sp³-hybridized carbons (Fsp3) is 0.500. The van der Waals surface area contributed by atoms with Crippen molar-refractivity contribution >= 4 is 0 Å². The molecule has 4 nitrogen and oxygen atoms in total. The van der Waals surface area contributed by atoms with Crippen LogP contribution in [0.5, 0.6) is 0 Å². The van der Waals surface area contributed by atoms with Gasteiger partial charge in [-0.3, -0.25) is 5.84 Å². The molecule has 0 saturated carbocycles. The summed E-state index contributed by atoms with van der Waals surface area (Å²) in [6.45, 7) is 2.83. The molecule has 1 aromatic rings. The Hall–Kier alpha value is -1.26. The molecule has 4 heteroatoms. The van der Waals surface area contributed by atoms with E-state index in [0.29, 0.717) is 0 Å². The molecular formula is C12H18N2O2. The summed E-state index contributed by atoms with van der Waals surface area (Å²) in [5, 5.41) is 0. The zero-order valence-electron chi connectivity index (χ0n) is 9.53. The molecule has 1 unspecified atom stereocenters. The minimum Gasteiger partial charge on any atom is -0.496 e. The highest BCUT2D eigenvalue weighted by Gasteiger charge is 2.22. The maximum atomic E-state index is 5.63. The first-order valence-corrected chi connectivity index (χ1v) is 5.72. The van der Waals surface area contributed by atoms with Crippen LogP contribution in [0, 0.1) is 0 Å². The third kappa shape index (κ3) is 2.13. The quantitative estimate of drug-likeness (QED) is 0.604. The van der Waals surface area contributed by atoms with E-state index in [9.17, 15) is 0 Å². The van der Waals surface area contributed by atoms with Crippen LogP contribution in [0.3, 0.4) is 0 Å². The van der Waals surface area contributed by atoms with E-state index in [0.717, 1.165) is 43.0 Å². The van der Waals surface area contributed by atoms with Gasteiger partial charge in [0.15, 0.2) is 0 Å². The van der Waals surface area contributed by atoms with Gasteiger partial charge in [-0.1, -0.05) is 6.92 Å². The summed E-state index contributed by atoms with van der Waals surface area (Å²) in [4.78, 5) is 0. The lowest BCUT2D eigenvalue weighted by atomic mass is 10.0. The smallest absolute Gasteiger partial charge is 0.115 e. The van der Waals surface area contributed by atoms with Crippen LogP contribution in [-0.4, -0.2) is 6.61 Å². The second kappa shape index (κ2) is 5.18. The van der Waals surface area contributed by atoms with E-state index >= 15 is 0 Å². The van der Waals surface area contributed by atoms with Crippen molar-refractivity contribution in [1.29, 1.82) is 0 Å². The molecule has 1 aliphatic heterocycles. The van der Waals surface area contributed by atoms with E-state index < -0.39 is 0 Å². The maximum absolute atomic E-state index is 5.63. The Morgan fingerprint density at radius 2 is 2.44 bits per heavy atom. The van der Waals surface area contributed by atoms with Crippen molar-refractivity contribution in [2.24, 2.45) is 5.84 Å². The topological polar surface area (TPSA) is 60.4 Å². The number of hydrogen-bond donors (Lipinski definition) is 2. The number of nitrogens with one attached hydrogen (secondary N) is 1. The Morgan fingerprint density at radius 1 is 1.56 bits per heavy atom. The van der Waals surface area contributed by atoms with Gasteiger partial charge in [-0.25, -0.2) is 5.43 Å². The van der Waals surface area contributed by atoms with Gasteiger partial charge in [0.1, 0.15) is 17.6 Å². The van der Waals surface area contributed by atoms with Gasteiger partial charge in [-0.2, -0.15) is 0 Å². The first kappa shape index (κ1) is 11.2. The highest BCUT2D eigenvalue weighted by molar-refractivity contribution is 5.28. The molecule has 88 valence electrons. The Morgan fingerprint density at radius 3 is 3.06 bits per heavy atom. The average Bonchev–Trinajstić information content (AvgIpc) is 2.80. The standard InChI is InChI=1S/C12H18N2O2/c1-2-10-9(6-8-16-10)12(14-13)11-5-3-4-7-15-11/h5-6,8,12,14H,2-4,7,13H2,1H3. The first-order chi connectivity index (χ1) is 7.86. The van der Waals surface area contributed by atoms with E-state index in [1.54, 1.807) is 6.26 Å². The van der Waals surface area contributed by atoms with Crippen molar-refractivity contribution in [3.8, 4) is 0 Å². The summed E-state index contributed by atoms with van der Waals surface area (Å²) in [5.74, 6) is 7.47. The fourth-order valence-electron chi connectivity index (χ4n) is 2.00. The molecular weight excluding hydrogens is 204 g/mol. The molecule has 2 heterocycles. The lowest BCUT2D eigenvalue weighted by molar-refractivity contribution is 0.167. The molecule has 16 heavy (non-hydrogen) atoms. The molecule has 0 fully saturated rings. The average molecular weight is 222 g/mol. The maximum Gasteiger partial charge on any atom is 0.115 e. The van der Waals surface area contributed by atoms with Crippen LogP contribution in [-0.2, 0) is 11.2 Å². The lowest BCUT2D eigenvalue weighted by Gasteiger charge is -2.23. The molecule has 0 amide bonds. The van der Waals surface area contributed by atoms with E-state index in [4.69, 9.17) is 15.0 Å². The number of ether oxygens (including phenoxy) is 1. The summed E-state index contributed by atoms with van der Waals surface area (Å²) in [6, 6.07) is 1.86. The van der Waals surface area contributed by atoms with E-state index in [2.05, 4.69) is 18.4 Å². The summed E-state index contributed by atoms with van der Waals surface area (Å²) in [5.41, 5.74) is 3.86. The van der Waals surface area contributed by atoms with Crippen molar-refractivity contribution < 1.29 is 9.15 Å². The first-order valence-electron chi connectivity index (χ1n) is 5.72. The number of hydrogen-bond acceptors (Lipinski definition) is 4. The molecule has 0 spiro atoms. The highest BCUT2D eigenvalue weighted by Crippen LogP contribution is 2.28. The fourth-order valence-corrected chi connectivity index (χ4v) is 2.00. The summed E-state index contributed by atoms with van der Waals surface area (Å²) >= 11 is 0. The molecule has 0 bridgehead atoms.